The van der Waals surface area contributed by atoms with E-state index in [1.807, 2.05) is 24.1 Å². The highest BCUT2D eigenvalue weighted by atomic mass is 16.2. The molecule has 5 nitrogen and oxygen atoms in total. The fraction of sp³-hybridized carbons (Fsp3) is 0.696. The third kappa shape index (κ3) is 6.03. The number of likely N-dealkylation sites (tertiary alicyclic amines) is 1. The molecule has 0 unspecified atom stereocenters. The molecule has 1 aromatic carbocycles. The third-order valence-electron chi connectivity index (χ3n) is 6.29. The van der Waals surface area contributed by atoms with Gasteiger partial charge in [-0.05, 0) is 57.5 Å². The second kappa shape index (κ2) is 10.4. The van der Waals surface area contributed by atoms with Gasteiger partial charge in [0.15, 0.2) is 0 Å². The van der Waals surface area contributed by atoms with E-state index in [4.69, 9.17) is 0 Å². The Morgan fingerprint density at radius 1 is 0.929 bits per heavy atom. The lowest BCUT2D eigenvalue weighted by Gasteiger charge is -2.36. The van der Waals surface area contributed by atoms with Crippen LogP contribution < -0.4 is 0 Å². The number of amides is 1. The molecule has 0 aliphatic carbocycles. The van der Waals surface area contributed by atoms with Gasteiger partial charge < -0.3 is 9.80 Å². The molecule has 2 heterocycles. The Kier molecular flexibility index (Phi) is 7.89. The average molecular weight is 387 g/mol. The maximum Gasteiger partial charge on any atom is 0.253 e. The first-order chi connectivity index (χ1) is 13.5. The van der Waals surface area contributed by atoms with Gasteiger partial charge in [-0.15, -0.1) is 0 Å². The van der Waals surface area contributed by atoms with Crippen LogP contribution >= 0.6 is 0 Å². The monoisotopic (exact) mass is 386 g/mol. The molecule has 0 atom stereocenters. The second-order valence-corrected chi connectivity index (χ2v) is 8.73. The summed E-state index contributed by atoms with van der Waals surface area (Å²) in [6.45, 7) is 14.2. The van der Waals surface area contributed by atoms with Crippen molar-refractivity contribution < 1.29 is 4.79 Å². The topological polar surface area (TPSA) is 30.0 Å². The van der Waals surface area contributed by atoms with Crippen molar-refractivity contribution in [3.8, 4) is 0 Å². The zero-order chi connectivity index (χ0) is 19.9. The molecule has 1 aromatic rings. The van der Waals surface area contributed by atoms with E-state index in [9.17, 15) is 4.79 Å². The quantitative estimate of drug-likeness (QED) is 0.721. The molecule has 0 bridgehead atoms. The summed E-state index contributed by atoms with van der Waals surface area (Å²) in [5, 5.41) is 0. The molecule has 1 amide bonds. The first-order valence-corrected chi connectivity index (χ1v) is 11.1. The number of piperidine rings is 1. The molecule has 2 fully saturated rings. The molecule has 0 spiro atoms. The van der Waals surface area contributed by atoms with Crippen molar-refractivity contribution in [3.63, 3.8) is 0 Å². The number of likely N-dealkylation sites (N-methyl/N-ethyl adjacent to an activating group) is 1. The maximum atomic E-state index is 12.7. The minimum Gasteiger partial charge on any atom is -0.340 e. The van der Waals surface area contributed by atoms with E-state index in [0.717, 1.165) is 51.4 Å². The van der Waals surface area contributed by atoms with Crippen LogP contribution in [0.5, 0.6) is 0 Å². The zero-order valence-corrected chi connectivity index (χ0v) is 18.1. The summed E-state index contributed by atoms with van der Waals surface area (Å²) in [6, 6.07) is 8.89. The van der Waals surface area contributed by atoms with Crippen LogP contribution in [0.15, 0.2) is 24.3 Å². The number of hydrogen-bond acceptors (Lipinski definition) is 4. The molecule has 0 saturated carbocycles. The highest BCUT2D eigenvalue weighted by Crippen LogP contribution is 2.13. The SMILES string of the molecule is CC(C)N1CCN(Cc2ccc(C(=O)N(C)CCN3CCCCC3)cc2)CC1. The van der Waals surface area contributed by atoms with E-state index in [1.54, 1.807) is 0 Å². The Bertz CT molecular complexity index is 602. The summed E-state index contributed by atoms with van der Waals surface area (Å²) in [6.07, 6.45) is 3.95. The standard InChI is InChI=1S/C23H38N4O/c1-20(2)27-17-15-26(16-18-27)19-21-7-9-22(10-8-21)23(28)24(3)13-14-25-11-5-4-6-12-25/h7-10,20H,4-6,11-19H2,1-3H3. The van der Waals surface area contributed by atoms with Gasteiger partial charge in [0.25, 0.3) is 5.91 Å². The number of carbonyl (C=O) groups excluding carboxylic acids is 1. The normalized spacial score (nSPS) is 19.9. The van der Waals surface area contributed by atoms with Gasteiger partial charge in [-0.25, -0.2) is 0 Å². The Hall–Kier alpha value is -1.43. The van der Waals surface area contributed by atoms with Crippen molar-refractivity contribution >= 4 is 5.91 Å². The predicted molar refractivity (Wildman–Crippen MR) is 116 cm³/mol. The van der Waals surface area contributed by atoms with Crippen LogP contribution in [0, 0.1) is 0 Å². The lowest BCUT2D eigenvalue weighted by molar-refractivity contribution is 0.0773. The van der Waals surface area contributed by atoms with Crippen molar-refractivity contribution in [2.24, 2.45) is 0 Å². The van der Waals surface area contributed by atoms with Crippen LogP contribution in [0.4, 0.5) is 0 Å². The van der Waals surface area contributed by atoms with E-state index >= 15 is 0 Å². The molecule has 5 heteroatoms. The molecule has 0 radical (unpaired) electrons. The van der Waals surface area contributed by atoms with Crippen molar-refractivity contribution in [1.29, 1.82) is 0 Å². The molecule has 0 N–H and O–H groups in total. The molecule has 0 aromatic heterocycles. The molecule has 28 heavy (non-hydrogen) atoms. The van der Waals surface area contributed by atoms with Crippen LogP contribution in [0.3, 0.4) is 0 Å². The summed E-state index contributed by atoms with van der Waals surface area (Å²) in [5.74, 6) is 0.133. The summed E-state index contributed by atoms with van der Waals surface area (Å²) >= 11 is 0. The van der Waals surface area contributed by atoms with Crippen molar-refractivity contribution in [2.45, 2.75) is 45.7 Å². The molecular formula is C23H38N4O. The van der Waals surface area contributed by atoms with Crippen LogP contribution in [-0.2, 0) is 6.54 Å². The van der Waals surface area contributed by atoms with E-state index in [0.29, 0.717) is 6.04 Å². The number of hydrogen-bond donors (Lipinski definition) is 0. The Balaban J connectivity index is 1.44. The van der Waals surface area contributed by atoms with Gasteiger partial charge in [0.1, 0.15) is 0 Å². The van der Waals surface area contributed by atoms with E-state index < -0.39 is 0 Å². The number of piperazine rings is 1. The highest BCUT2D eigenvalue weighted by Gasteiger charge is 2.19. The molecule has 2 aliphatic heterocycles. The summed E-state index contributed by atoms with van der Waals surface area (Å²) < 4.78 is 0. The van der Waals surface area contributed by atoms with Crippen molar-refractivity contribution in [1.82, 2.24) is 19.6 Å². The predicted octanol–water partition coefficient (Wildman–Crippen LogP) is 2.77. The average Bonchev–Trinajstić information content (AvgIpc) is 2.73. The molecule has 156 valence electrons. The first-order valence-electron chi connectivity index (χ1n) is 11.1. The lowest BCUT2D eigenvalue weighted by atomic mass is 10.1. The van der Waals surface area contributed by atoms with E-state index in [1.165, 1.54) is 37.9 Å². The lowest BCUT2D eigenvalue weighted by Crippen LogP contribution is -2.48. The van der Waals surface area contributed by atoms with Gasteiger partial charge >= 0.3 is 0 Å². The fourth-order valence-corrected chi connectivity index (χ4v) is 4.25. The summed E-state index contributed by atoms with van der Waals surface area (Å²) in [7, 11) is 1.92. The summed E-state index contributed by atoms with van der Waals surface area (Å²) in [4.78, 5) is 22.1. The maximum absolute atomic E-state index is 12.7. The van der Waals surface area contributed by atoms with Crippen LogP contribution in [0.1, 0.15) is 49.0 Å². The first kappa shape index (κ1) is 21.3. The summed E-state index contributed by atoms with van der Waals surface area (Å²) in [5.41, 5.74) is 2.10. The number of rotatable bonds is 7. The second-order valence-electron chi connectivity index (χ2n) is 8.73. The van der Waals surface area contributed by atoms with Gasteiger partial charge in [-0.1, -0.05) is 18.6 Å². The van der Waals surface area contributed by atoms with Gasteiger partial charge in [0, 0.05) is 64.5 Å². The van der Waals surface area contributed by atoms with E-state index in [2.05, 4.69) is 40.7 Å². The van der Waals surface area contributed by atoms with Crippen LogP contribution in [0.2, 0.25) is 0 Å². The molecule has 3 rings (SSSR count). The van der Waals surface area contributed by atoms with E-state index in [-0.39, 0.29) is 5.91 Å². The zero-order valence-electron chi connectivity index (χ0n) is 18.1. The smallest absolute Gasteiger partial charge is 0.253 e. The molecule has 2 saturated heterocycles. The van der Waals surface area contributed by atoms with Crippen LogP contribution in [0.25, 0.3) is 0 Å². The minimum absolute atomic E-state index is 0.133. The highest BCUT2D eigenvalue weighted by molar-refractivity contribution is 5.94. The van der Waals surface area contributed by atoms with Gasteiger partial charge in [0.2, 0.25) is 0 Å². The van der Waals surface area contributed by atoms with Crippen molar-refractivity contribution in [2.75, 3.05) is 59.4 Å². The number of carbonyl (C=O) groups is 1. The Morgan fingerprint density at radius 3 is 2.18 bits per heavy atom. The van der Waals surface area contributed by atoms with Gasteiger partial charge in [-0.3, -0.25) is 14.6 Å². The molecule has 2 aliphatic rings. The third-order valence-corrected chi connectivity index (χ3v) is 6.29. The van der Waals surface area contributed by atoms with Gasteiger partial charge in [0.05, 0.1) is 0 Å². The minimum atomic E-state index is 0.133. The molecular weight excluding hydrogens is 348 g/mol. The largest absolute Gasteiger partial charge is 0.340 e. The number of nitrogens with zero attached hydrogens (tertiary/aromatic N) is 4. The Morgan fingerprint density at radius 2 is 1.57 bits per heavy atom. The van der Waals surface area contributed by atoms with Crippen molar-refractivity contribution in [3.05, 3.63) is 35.4 Å². The van der Waals surface area contributed by atoms with Gasteiger partial charge in [-0.2, -0.15) is 0 Å². The fourth-order valence-electron chi connectivity index (χ4n) is 4.25. The number of benzene rings is 1. The van der Waals surface area contributed by atoms with Crippen LogP contribution in [-0.4, -0.2) is 91.0 Å². The Labute approximate surface area is 171 Å².